The first-order valence-corrected chi connectivity index (χ1v) is 11.2. The van der Waals surface area contributed by atoms with Gasteiger partial charge in [-0.1, -0.05) is 36.7 Å². The molecule has 3 rings (SSSR count). The van der Waals surface area contributed by atoms with Gasteiger partial charge in [-0.2, -0.15) is 4.98 Å². The molecule has 0 bridgehead atoms. The number of carbonyl (C=O) groups is 2. The molecule has 0 atom stereocenters. The Morgan fingerprint density at radius 3 is 2.39 bits per heavy atom. The van der Waals surface area contributed by atoms with E-state index in [2.05, 4.69) is 9.72 Å². The molecule has 2 amide bonds. The van der Waals surface area contributed by atoms with Crippen molar-refractivity contribution < 1.29 is 32.2 Å². The highest BCUT2D eigenvalue weighted by Crippen LogP contribution is 2.33. The zero-order valence-electron chi connectivity index (χ0n) is 19.8. The summed E-state index contributed by atoms with van der Waals surface area (Å²) in [6.45, 7) is 2.24. The Labute approximate surface area is 210 Å². The minimum atomic E-state index is -4.88. The van der Waals surface area contributed by atoms with Crippen molar-refractivity contribution in [1.29, 1.82) is 0 Å². The molecule has 0 spiro atoms. The number of hydrogen-bond donors (Lipinski definition) is 0. The van der Waals surface area contributed by atoms with Gasteiger partial charge in [0.25, 0.3) is 5.91 Å². The lowest BCUT2D eigenvalue weighted by molar-refractivity contribution is -0.274. The average molecular weight is 525 g/mol. The average Bonchev–Trinajstić information content (AvgIpc) is 3.14. The fraction of sp³-hybridized carbons (Fsp3) is 0.292. The second-order valence-corrected chi connectivity index (χ2v) is 8.34. The number of ether oxygens (including phenoxy) is 2. The van der Waals surface area contributed by atoms with Gasteiger partial charge < -0.3 is 14.4 Å². The van der Waals surface area contributed by atoms with E-state index in [0.717, 1.165) is 17.7 Å². The second kappa shape index (κ2) is 11.3. The quantitative estimate of drug-likeness (QED) is 0.334. The Bertz CT molecular complexity index is 1210. The van der Waals surface area contributed by atoms with Gasteiger partial charge in [0.1, 0.15) is 11.5 Å². The number of benzene rings is 2. The van der Waals surface area contributed by atoms with E-state index in [1.807, 2.05) is 6.92 Å². The molecule has 0 saturated carbocycles. The third kappa shape index (κ3) is 6.69. The summed E-state index contributed by atoms with van der Waals surface area (Å²) in [7, 11) is 3.10. The van der Waals surface area contributed by atoms with Crippen LogP contribution in [0.1, 0.15) is 29.4 Å². The number of amides is 2. The lowest BCUT2D eigenvalue weighted by atomic mass is 10.2. The maximum absolute atomic E-state index is 13.2. The minimum Gasteiger partial charge on any atom is -0.425 e. The monoisotopic (exact) mass is 524 g/mol. The largest absolute Gasteiger partial charge is 0.573 e. The molecule has 8 nitrogen and oxygen atoms in total. The number of imidazole rings is 1. The molecule has 2 aromatic carbocycles. The Morgan fingerprint density at radius 2 is 1.81 bits per heavy atom. The first-order chi connectivity index (χ1) is 17.0. The van der Waals surface area contributed by atoms with Gasteiger partial charge in [0, 0.05) is 31.7 Å². The number of hydrogen-bond acceptors (Lipinski definition) is 5. The molecule has 192 valence electrons. The van der Waals surface area contributed by atoms with Gasteiger partial charge in [0.15, 0.2) is 11.5 Å². The van der Waals surface area contributed by atoms with Crippen LogP contribution in [0.2, 0.25) is 5.02 Å². The van der Waals surface area contributed by atoms with E-state index < -0.39 is 18.0 Å². The number of carbonyl (C=O) groups excluding carboxylic acids is 2. The van der Waals surface area contributed by atoms with Crippen LogP contribution in [0.5, 0.6) is 17.5 Å². The molecule has 12 heteroatoms. The molecule has 0 unspecified atom stereocenters. The minimum absolute atomic E-state index is 0.0114. The van der Waals surface area contributed by atoms with Crippen molar-refractivity contribution in [2.24, 2.45) is 0 Å². The van der Waals surface area contributed by atoms with Gasteiger partial charge in [-0.25, -0.2) is 0 Å². The summed E-state index contributed by atoms with van der Waals surface area (Å²) in [4.78, 5) is 32.1. The molecule has 1 aromatic heterocycles. The van der Waals surface area contributed by atoms with E-state index in [9.17, 15) is 22.8 Å². The summed E-state index contributed by atoms with van der Waals surface area (Å²) in [6, 6.07) is 11.7. The third-order valence-corrected chi connectivity index (χ3v) is 5.14. The van der Waals surface area contributed by atoms with Crippen molar-refractivity contribution in [2.75, 3.05) is 25.5 Å². The summed E-state index contributed by atoms with van der Waals surface area (Å²) >= 11 is 5.99. The Hall–Kier alpha value is -3.73. The van der Waals surface area contributed by atoms with Crippen LogP contribution >= 0.6 is 11.6 Å². The van der Waals surface area contributed by atoms with Crippen LogP contribution in [0.25, 0.3) is 0 Å². The first kappa shape index (κ1) is 26.9. The van der Waals surface area contributed by atoms with Gasteiger partial charge in [-0.05, 0) is 36.2 Å². The molecule has 0 aliphatic rings. The molecule has 3 aromatic rings. The normalized spacial score (nSPS) is 11.2. The van der Waals surface area contributed by atoms with Crippen LogP contribution in [-0.2, 0) is 11.3 Å². The second-order valence-electron chi connectivity index (χ2n) is 7.90. The van der Waals surface area contributed by atoms with Crippen LogP contribution in [0.4, 0.5) is 19.0 Å². The standard InChI is InChI=1S/C24H24ClF3N4O4/c1-4-12-31(15-33)21-20(22(34)30(2)3)32(14-16-8-10-17(25)11-9-16)23(29-21)35-18-6-5-7-19(13-18)36-24(26,27)28/h5-11,13,15H,4,12,14H2,1-3H3. The van der Waals surface area contributed by atoms with Crippen molar-refractivity contribution in [1.82, 2.24) is 14.5 Å². The summed E-state index contributed by atoms with van der Waals surface area (Å²) < 4.78 is 49.3. The highest BCUT2D eigenvalue weighted by molar-refractivity contribution is 6.30. The van der Waals surface area contributed by atoms with Crippen molar-refractivity contribution in [3.05, 3.63) is 64.8 Å². The molecule has 0 N–H and O–H groups in total. The third-order valence-electron chi connectivity index (χ3n) is 4.89. The van der Waals surface area contributed by atoms with Gasteiger partial charge in [-0.3, -0.25) is 19.1 Å². The van der Waals surface area contributed by atoms with E-state index >= 15 is 0 Å². The van der Waals surface area contributed by atoms with E-state index in [-0.39, 0.29) is 36.4 Å². The van der Waals surface area contributed by atoms with E-state index in [4.69, 9.17) is 16.3 Å². The predicted octanol–water partition coefficient (Wildman–Crippen LogP) is 5.35. The highest BCUT2D eigenvalue weighted by atomic mass is 35.5. The Balaban J connectivity index is 2.15. The zero-order valence-corrected chi connectivity index (χ0v) is 20.5. The SMILES string of the molecule is CCCN(C=O)c1nc(Oc2cccc(OC(F)(F)F)c2)n(Cc2ccc(Cl)cc2)c1C(=O)N(C)C. The topological polar surface area (TPSA) is 76.9 Å². The first-order valence-electron chi connectivity index (χ1n) is 10.8. The maximum Gasteiger partial charge on any atom is 0.573 e. The fourth-order valence-corrected chi connectivity index (χ4v) is 3.46. The zero-order chi connectivity index (χ0) is 26.5. The maximum atomic E-state index is 13.2. The molecule has 0 saturated heterocycles. The number of anilines is 1. The van der Waals surface area contributed by atoms with Crippen molar-refractivity contribution in [3.63, 3.8) is 0 Å². The Morgan fingerprint density at radius 1 is 1.14 bits per heavy atom. The van der Waals surface area contributed by atoms with E-state index in [1.165, 1.54) is 26.5 Å². The molecule has 0 aliphatic carbocycles. The molecule has 0 radical (unpaired) electrons. The lowest BCUT2D eigenvalue weighted by Crippen LogP contribution is -2.30. The summed E-state index contributed by atoms with van der Waals surface area (Å²) in [5.41, 5.74) is 0.816. The van der Waals surface area contributed by atoms with Crippen LogP contribution in [0.3, 0.4) is 0 Å². The van der Waals surface area contributed by atoms with Crippen LogP contribution in [0.15, 0.2) is 48.5 Å². The fourth-order valence-electron chi connectivity index (χ4n) is 3.33. The van der Waals surface area contributed by atoms with Gasteiger partial charge in [0.2, 0.25) is 6.41 Å². The Kier molecular flexibility index (Phi) is 8.46. The van der Waals surface area contributed by atoms with Gasteiger partial charge in [0.05, 0.1) is 6.54 Å². The number of nitrogens with zero attached hydrogens (tertiary/aromatic N) is 4. The van der Waals surface area contributed by atoms with Gasteiger partial charge >= 0.3 is 12.4 Å². The molecule has 0 aliphatic heterocycles. The smallest absolute Gasteiger partial charge is 0.425 e. The number of halogens is 4. The summed E-state index contributed by atoms with van der Waals surface area (Å²) in [6.07, 6.45) is -3.73. The predicted molar refractivity (Wildman–Crippen MR) is 128 cm³/mol. The van der Waals surface area contributed by atoms with E-state index in [1.54, 1.807) is 38.4 Å². The van der Waals surface area contributed by atoms with E-state index in [0.29, 0.717) is 17.9 Å². The molecule has 0 fully saturated rings. The molecular formula is C24H24ClF3N4O4. The van der Waals surface area contributed by atoms with Gasteiger partial charge in [-0.15, -0.1) is 13.2 Å². The summed E-state index contributed by atoms with van der Waals surface area (Å²) in [5.74, 6) is -0.876. The molecule has 36 heavy (non-hydrogen) atoms. The van der Waals surface area contributed by atoms with Crippen LogP contribution in [-0.4, -0.2) is 53.8 Å². The number of aromatic nitrogens is 2. The highest BCUT2D eigenvalue weighted by Gasteiger charge is 2.32. The van der Waals surface area contributed by atoms with Crippen LogP contribution < -0.4 is 14.4 Å². The molecule has 1 heterocycles. The lowest BCUT2D eigenvalue weighted by Gasteiger charge is -2.19. The number of rotatable bonds is 10. The summed E-state index contributed by atoms with van der Waals surface area (Å²) in [5, 5.41) is 0.516. The van der Waals surface area contributed by atoms with Crippen molar-refractivity contribution >= 4 is 29.7 Å². The van der Waals surface area contributed by atoms with Crippen LogP contribution in [0, 0.1) is 0 Å². The van der Waals surface area contributed by atoms with Crippen molar-refractivity contribution in [3.8, 4) is 17.5 Å². The molecular weight excluding hydrogens is 501 g/mol. The number of alkyl halides is 3. The van der Waals surface area contributed by atoms with Crippen molar-refractivity contribution in [2.45, 2.75) is 26.3 Å².